The van der Waals surface area contributed by atoms with E-state index in [4.69, 9.17) is 20.4 Å². The first-order chi connectivity index (χ1) is 7.27. The summed E-state index contributed by atoms with van der Waals surface area (Å²) in [6.07, 6.45) is 0. The molecule has 0 saturated carbocycles. The van der Waals surface area contributed by atoms with Gasteiger partial charge in [-0.1, -0.05) is 0 Å². The Morgan fingerprint density at radius 3 is 2.93 bits per heavy atom. The smallest absolute Gasteiger partial charge is 0.124 e. The lowest BCUT2D eigenvalue weighted by Gasteiger charge is -2.11. The van der Waals surface area contributed by atoms with Crippen molar-refractivity contribution in [2.45, 2.75) is 13.5 Å². The second-order valence-corrected chi connectivity index (χ2v) is 2.95. The van der Waals surface area contributed by atoms with Gasteiger partial charge in [-0.05, 0) is 25.1 Å². The summed E-state index contributed by atoms with van der Waals surface area (Å²) in [6, 6.07) is 5.38. The van der Waals surface area contributed by atoms with Gasteiger partial charge >= 0.3 is 0 Å². The molecule has 0 aromatic heterocycles. The summed E-state index contributed by atoms with van der Waals surface area (Å²) in [5, 5.41) is 8.34. The van der Waals surface area contributed by atoms with Gasteiger partial charge in [0.1, 0.15) is 12.5 Å². The van der Waals surface area contributed by atoms with Gasteiger partial charge in [0.2, 0.25) is 0 Å². The molecule has 0 aliphatic carbocycles. The Bertz CT molecular complexity index is 305. The Labute approximate surface area is 88.8 Å². The molecule has 0 bridgehead atoms. The van der Waals surface area contributed by atoms with Gasteiger partial charge in [0, 0.05) is 11.3 Å². The Kier molecular flexibility index (Phi) is 4.89. The lowest BCUT2D eigenvalue weighted by Crippen LogP contribution is -2.12. The standard InChI is InChI=1S/C10H16N2O3/c1-2-15-10-4-3-9(11)5-8(10)6-14-7-12-13/h3-5,12-13H,2,6-7,11H2,1H3. The molecule has 0 radical (unpaired) electrons. The predicted octanol–water partition coefficient (Wildman–Crippen LogP) is 1.12. The molecule has 4 N–H and O–H groups in total. The Hall–Kier alpha value is -1.30. The molecule has 1 aromatic carbocycles. The average Bonchev–Trinajstić information content (AvgIpc) is 2.22. The number of rotatable bonds is 6. The molecule has 0 aliphatic heterocycles. The molecule has 5 heteroatoms. The van der Waals surface area contributed by atoms with Gasteiger partial charge in [-0.15, -0.1) is 0 Å². The fraction of sp³-hybridized carbons (Fsp3) is 0.400. The zero-order valence-electron chi connectivity index (χ0n) is 8.69. The molecule has 0 atom stereocenters. The summed E-state index contributed by atoms with van der Waals surface area (Å²) in [5.41, 5.74) is 9.09. The van der Waals surface area contributed by atoms with E-state index in [9.17, 15) is 0 Å². The van der Waals surface area contributed by atoms with E-state index in [2.05, 4.69) is 0 Å². The number of hydrogen-bond donors (Lipinski definition) is 3. The molecule has 0 spiro atoms. The number of ether oxygens (including phenoxy) is 2. The maximum Gasteiger partial charge on any atom is 0.124 e. The summed E-state index contributed by atoms with van der Waals surface area (Å²) < 4.78 is 10.5. The molecule has 1 aromatic rings. The molecule has 5 nitrogen and oxygen atoms in total. The van der Waals surface area contributed by atoms with E-state index >= 15 is 0 Å². The maximum absolute atomic E-state index is 8.34. The Morgan fingerprint density at radius 2 is 2.27 bits per heavy atom. The van der Waals surface area contributed by atoms with Crippen LogP contribution in [-0.4, -0.2) is 18.5 Å². The van der Waals surface area contributed by atoms with Gasteiger partial charge in [0.15, 0.2) is 0 Å². The first kappa shape index (κ1) is 11.8. The van der Waals surface area contributed by atoms with E-state index in [0.29, 0.717) is 18.9 Å². The zero-order valence-corrected chi connectivity index (χ0v) is 8.69. The first-order valence-corrected chi connectivity index (χ1v) is 4.73. The van der Waals surface area contributed by atoms with E-state index in [1.54, 1.807) is 12.1 Å². The van der Waals surface area contributed by atoms with Crippen LogP contribution in [0.2, 0.25) is 0 Å². The number of hydroxylamine groups is 1. The van der Waals surface area contributed by atoms with Crippen molar-refractivity contribution >= 4 is 5.69 Å². The minimum Gasteiger partial charge on any atom is -0.494 e. The second-order valence-electron chi connectivity index (χ2n) is 2.95. The van der Waals surface area contributed by atoms with Crippen molar-refractivity contribution in [3.8, 4) is 5.75 Å². The highest BCUT2D eigenvalue weighted by atomic mass is 16.6. The normalized spacial score (nSPS) is 10.3. The van der Waals surface area contributed by atoms with Crippen LogP contribution in [0, 0.1) is 0 Å². The molecular formula is C10H16N2O3. The number of hydrogen-bond acceptors (Lipinski definition) is 5. The van der Waals surface area contributed by atoms with Gasteiger partial charge < -0.3 is 20.4 Å². The van der Waals surface area contributed by atoms with Crippen molar-refractivity contribution in [1.82, 2.24) is 5.48 Å². The van der Waals surface area contributed by atoms with Crippen molar-refractivity contribution in [1.29, 1.82) is 0 Å². The molecule has 0 amide bonds. The summed E-state index contributed by atoms with van der Waals surface area (Å²) in [4.78, 5) is 0. The largest absolute Gasteiger partial charge is 0.494 e. The van der Waals surface area contributed by atoms with Crippen LogP contribution in [0.3, 0.4) is 0 Å². The van der Waals surface area contributed by atoms with E-state index in [1.807, 2.05) is 18.5 Å². The van der Waals surface area contributed by atoms with Crippen LogP contribution in [0.4, 0.5) is 5.69 Å². The molecule has 0 fully saturated rings. The van der Waals surface area contributed by atoms with Crippen molar-refractivity contribution in [2.75, 3.05) is 19.1 Å². The molecule has 0 heterocycles. The van der Waals surface area contributed by atoms with Gasteiger partial charge in [-0.2, -0.15) is 5.48 Å². The van der Waals surface area contributed by atoms with Gasteiger partial charge in [0.05, 0.1) is 13.2 Å². The number of nitrogens with two attached hydrogens (primary N) is 1. The third-order valence-electron chi connectivity index (χ3n) is 1.81. The topological polar surface area (TPSA) is 76.7 Å². The van der Waals surface area contributed by atoms with Gasteiger partial charge in [0.25, 0.3) is 0 Å². The van der Waals surface area contributed by atoms with Crippen molar-refractivity contribution < 1.29 is 14.7 Å². The van der Waals surface area contributed by atoms with Crippen LogP contribution >= 0.6 is 0 Å². The van der Waals surface area contributed by atoms with Crippen LogP contribution in [-0.2, 0) is 11.3 Å². The monoisotopic (exact) mass is 212 g/mol. The second kappa shape index (κ2) is 6.23. The summed E-state index contributed by atoms with van der Waals surface area (Å²) in [7, 11) is 0. The third-order valence-corrected chi connectivity index (χ3v) is 1.81. The van der Waals surface area contributed by atoms with E-state index in [-0.39, 0.29) is 6.73 Å². The van der Waals surface area contributed by atoms with Crippen LogP contribution in [0.1, 0.15) is 12.5 Å². The zero-order chi connectivity index (χ0) is 11.1. The lowest BCUT2D eigenvalue weighted by molar-refractivity contribution is 0.0146. The Balaban J connectivity index is 2.68. The molecular weight excluding hydrogens is 196 g/mol. The van der Waals surface area contributed by atoms with Crippen molar-refractivity contribution in [2.24, 2.45) is 0 Å². The summed E-state index contributed by atoms with van der Waals surface area (Å²) in [5.74, 6) is 0.754. The minimum atomic E-state index is 0.0698. The first-order valence-electron chi connectivity index (χ1n) is 4.73. The van der Waals surface area contributed by atoms with Gasteiger partial charge in [-0.3, -0.25) is 0 Å². The van der Waals surface area contributed by atoms with E-state index in [0.717, 1.165) is 11.3 Å². The highest BCUT2D eigenvalue weighted by Gasteiger charge is 2.03. The molecule has 1 rings (SSSR count). The van der Waals surface area contributed by atoms with E-state index in [1.165, 1.54) is 0 Å². The van der Waals surface area contributed by atoms with Crippen LogP contribution in [0.5, 0.6) is 5.75 Å². The highest BCUT2D eigenvalue weighted by molar-refractivity contribution is 5.47. The minimum absolute atomic E-state index is 0.0698. The molecule has 0 saturated heterocycles. The quantitative estimate of drug-likeness (QED) is 0.285. The number of nitrogens with one attached hydrogen (secondary N) is 1. The Morgan fingerprint density at radius 1 is 1.47 bits per heavy atom. The number of benzene rings is 1. The fourth-order valence-electron chi connectivity index (χ4n) is 1.22. The SMILES string of the molecule is CCOc1ccc(N)cc1COCNO. The lowest BCUT2D eigenvalue weighted by atomic mass is 10.2. The fourth-order valence-corrected chi connectivity index (χ4v) is 1.22. The van der Waals surface area contributed by atoms with Crippen LogP contribution < -0.4 is 16.0 Å². The predicted molar refractivity (Wildman–Crippen MR) is 56.6 cm³/mol. The molecule has 0 aliphatic rings. The van der Waals surface area contributed by atoms with Crippen LogP contribution in [0.25, 0.3) is 0 Å². The maximum atomic E-state index is 8.34. The van der Waals surface area contributed by atoms with E-state index < -0.39 is 0 Å². The average molecular weight is 212 g/mol. The molecule has 84 valence electrons. The van der Waals surface area contributed by atoms with Crippen molar-refractivity contribution in [3.05, 3.63) is 23.8 Å². The summed E-state index contributed by atoms with van der Waals surface area (Å²) >= 11 is 0. The van der Waals surface area contributed by atoms with Crippen molar-refractivity contribution in [3.63, 3.8) is 0 Å². The number of anilines is 1. The number of nitrogen functional groups attached to an aromatic ring is 1. The highest BCUT2D eigenvalue weighted by Crippen LogP contribution is 2.22. The third kappa shape index (κ3) is 3.75. The molecule has 15 heavy (non-hydrogen) atoms. The van der Waals surface area contributed by atoms with Gasteiger partial charge in [-0.25, -0.2) is 0 Å². The van der Waals surface area contributed by atoms with Crippen LogP contribution in [0.15, 0.2) is 18.2 Å². The summed E-state index contributed by atoms with van der Waals surface area (Å²) in [6.45, 7) is 2.92. The molecule has 0 unspecified atom stereocenters.